The van der Waals surface area contributed by atoms with Gasteiger partial charge < -0.3 is 0 Å². The number of rotatable bonds is 6. The fraction of sp³-hybridized carbons (Fsp3) is 0.455. The van der Waals surface area contributed by atoms with Gasteiger partial charge in [-0.1, -0.05) is 17.7 Å². The van der Waals surface area contributed by atoms with Gasteiger partial charge in [0.2, 0.25) is 10.0 Å². The van der Waals surface area contributed by atoms with E-state index in [0.29, 0.717) is 5.56 Å². The summed E-state index contributed by atoms with van der Waals surface area (Å²) in [7, 11) is -4.65. The first-order valence-electron chi connectivity index (χ1n) is 5.45. The van der Waals surface area contributed by atoms with Gasteiger partial charge in [-0.25, -0.2) is 17.5 Å². The lowest BCUT2D eigenvalue weighted by atomic mass is 10.2. The highest BCUT2D eigenvalue weighted by Crippen LogP contribution is 2.17. The zero-order valence-electron chi connectivity index (χ0n) is 10.5. The van der Waals surface area contributed by atoms with Gasteiger partial charge in [0.25, 0.3) is 0 Å². The number of hydrogen-bond acceptors (Lipinski definition) is 3. The Morgan fingerprint density at radius 1 is 1.47 bits per heavy atom. The average Bonchev–Trinajstić information content (AvgIpc) is 2.30. The quantitative estimate of drug-likeness (QED) is 0.864. The molecule has 0 aromatic heterocycles. The van der Waals surface area contributed by atoms with Crippen LogP contribution in [0.15, 0.2) is 18.2 Å². The van der Waals surface area contributed by atoms with Crippen molar-refractivity contribution in [1.82, 2.24) is 4.72 Å². The van der Waals surface area contributed by atoms with Crippen molar-refractivity contribution in [2.75, 3.05) is 12.8 Å². The first-order valence-corrected chi connectivity index (χ1v) is 9.10. The fourth-order valence-corrected chi connectivity index (χ4v) is 3.11. The molecule has 0 spiro atoms. The Hall–Kier alpha value is -0.500. The second kappa shape index (κ2) is 6.78. The van der Waals surface area contributed by atoms with Crippen LogP contribution < -0.4 is 4.72 Å². The van der Waals surface area contributed by atoms with Crippen LogP contribution in [0.2, 0.25) is 5.02 Å². The summed E-state index contributed by atoms with van der Waals surface area (Å²) in [5, 5.41) is -0.387. The van der Waals surface area contributed by atoms with Gasteiger partial charge >= 0.3 is 0 Å². The lowest BCUT2D eigenvalue weighted by Gasteiger charge is -2.11. The van der Waals surface area contributed by atoms with Gasteiger partial charge in [0.05, 0.1) is 10.8 Å². The van der Waals surface area contributed by atoms with Crippen molar-refractivity contribution in [3.05, 3.63) is 34.6 Å². The molecule has 1 rings (SSSR count). The molecule has 19 heavy (non-hydrogen) atoms. The Labute approximate surface area is 119 Å². The molecule has 1 N–H and O–H groups in total. The lowest BCUT2D eigenvalue weighted by molar-refractivity contribution is 0.579. The molecular formula is C11H15ClFNO3S2. The summed E-state index contributed by atoms with van der Waals surface area (Å²) in [6, 6.07) is 3.76. The van der Waals surface area contributed by atoms with E-state index in [9.17, 15) is 17.0 Å². The van der Waals surface area contributed by atoms with Crippen LogP contribution in [-0.2, 0) is 26.6 Å². The van der Waals surface area contributed by atoms with Gasteiger partial charge in [0.15, 0.2) is 0 Å². The van der Waals surface area contributed by atoms with Crippen molar-refractivity contribution < 1.29 is 17.0 Å². The van der Waals surface area contributed by atoms with Crippen molar-refractivity contribution >= 4 is 32.4 Å². The molecule has 0 heterocycles. The van der Waals surface area contributed by atoms with Gasteiger partial charge in [-0.2, -0.15) is 0 Å². The standard InChI is InChI=1S/C11H15ClFNO3S2/c1-8(18(2)15)6-14-19(16,17)7-9-3-4-11(13)10(12)5-9/h3-5,8,14H,6-7H2,1-2H3/t8-,18+/m0/s1. The molecular weight excluding hydrogens is 313 g/mol. The molecule has 0 aliphatic heterocycles. The molecule has 1 aromatic rings. The first-order chi connectivity index (χ1) is 8.71. The van der Waals surface area contributed by atoms with Crippen LogP contribution in [0.25, 0.3) is 0 Å². The van der Waals surface area contributed by atoms with E-state index in [0.717, 1.165) is 6.07 Å². The third kappa shape index (κ3) is 5.56. The predicted molar refractivity (Wildman–Crippen MR) is 75.6 cm³/mol. The smallest absolute Gasteiger partial charge is 0.215 e. The number of halogens is 2. The summed E-state index contributed by atoms with van der Waals surface area (Å²) in [5.41, 5.74) is 0.393. The minimum absolute atomic E-state index is 0.0976. The van der Waals surface area contributed by atoms with Crippen molar-refractivity contribution in [3.8, 4) is 0 Å². The molecule has 0 saturated heterocycles. The third-order valence-corrected chi connectivity index (χ3v) is 5.41. The van der Waals surface area contributed by atoms with Gasteiger partial charge in [-0.3, -0.25) is 4.21 Å². The number of hydrogen-bond donors (Lipinski definition) is 1. The first kappa shape index (κ1) is 16.6. The van der Waals surface area contributed by atoms with Gasteiger partial charge in [0.1, 0.15) is 5.82 Å². The Bertz CT molecular complexity index is 577. The molecule has 108 valence electrons. The van der Waals surface area contributed by atoms with Crippen LogP contribution in [0.3, 0.4) is 0 Å². The minimum atomic E-state index is -3.56. The molecule has 0 saturated carbocycles. The average molecular weight is 328 g/mol. The molecule has 0 unspecified atom stereocenters. The van der Waals surface area contributed by atoms with Crippen LogP contribution in [-0.4, -0.2) is 30.7 Å². The molecule has 0 aliphatic rings. The minimum Gasteiger partial charge on any atom is -0.260 e. The number of nitrogens with one attached hydrogen (secondary N) is 1. The lowest BCUT2D eigenvalue weighted by Crippen LogP contribution is -2.33. The van der Waals surface area contributed by atoms with Crippen molar-refractivity contribution in [3.63, 3.8) is 0 Å². The molecule has 0 radical (unpaired) electrons. The van der Waals surface area contributed by atoms with E-state index in [4.69, 9.17) is 11.6 Å². The maximum absolute atomic E-state index is 12.9. The molecule has 2 atom stereocenters. The zero-order chi connectivity index (χ0) is 14.6. The SMILES string of the molecule is C[C@@H](CNS(=O)(=O)Cc1ccc(F)c(Cl)c1)[S@@](C)=O. The topological polar surface area (TPSA) is 63.2 Å². The Morgan fingerprint density at radius 2 is 2.11 bits per heavy atom. The van der Waals surface area contributed by atoms with Gasteiger partial charge in [-0.15, -0.1) is 0 Å². The van der Waals surface area contributed by atoms with Crippen LogP contribution >= 0.6 is 11.6 Å². The van der Waals surface area contributed by atoms with Crippen LogP contribution in [0, 0.1) is 5.82 Å². The Morgan fingerprint density at radius 3 is 2.63 bits per heavy atom. The van der Waals surface area contributed by atoms with Crippen LogP contribution in [0.1, 0.15) is 12.5 Å². The van der Waals surface area contributed by atoms with E-state index >= 15 is 0 Å². The zero-order valence-corrected chi connectivity index (χ0v) is 12.9. The Kier molecular flexibility index (Phi) is 5.91. The summed E-state index contributed by atoms with van der Waals surface area (Å²) < 4.78 is 50.0. The van der Waals surface area contributed by atoms with E-state index in [2.05, 4.69) is 4.72 Å². The Balaban J connectivity index is 2.69. The van der Waals surface area contributed by atoms with Crippen LogP contribution in [0.4, 0.5) is 4.39 Å². The molecule has 1 aromatic carbocycles. The number of benzene rings is 1. The molecule has 0 bridgehead atoms. The second-order valence-corrected chi connectivity index (χ2v) is 8.18. The van der Waals surface area contributed by atoms with E-state index < -0.39 is 26.6 Å². The van der Waals surface area contributed by atoms with Crippen molar-refractivity contribution in [2.45, 2.75) is 17.9 Å². The second-order valence-electron chi connectivity index (χ2n) is 4.17. The van der Waals surface area contributed by atoms with E-state index in [1.807, 2.05) is 0 Å². The van der Waals surface area contributed by atoms with Crippen molar-refractivity contribution in [1.29, 1.82) is 0 Å². The van der Waals surface area contributed by atoms with E-state index in [1.165, 1.54) is 18.4 Å². The van der Waals surface area contributed by atoms with Gasteiger partial charge in [0, 0.05) is 28.9 Å². The normalized spacial score (nSPS) is 15.2. The highest BCUT2D eigenvalue weighted by Gasteiger charge is 2.15. The van der Waals surface area contributed by atoms with Gasteiger partial charge in [-0.05, 0) is 24.6 Å². The highest BCUT2D eigenvalue weighted by molar-refractivity contribution is 7.88. The number of sulfonamides is 1. The summed E-state index contributed by atoms with van der Waals surface area (Å²) in [4.78, 5) is 0. The summed E-state index contributed by atoms with van der Waals surface area (Å²) in [6.07, 6.45) is 1.51. The molecule has 0 amide bonds. The maximum atomic E-state index is 12.9. The summed E-state index contributed by atoms with van der Waals surface area (Å²) in [6.45, 7) is 1.79. The fourth-order valence-electron chi connectivity index (χ4n) is 1.26. The maximum Gasteiger partial charge on any atom is 0.215 e. The monoisotopic (exact) mass is 327 g/mol. The predicted octanol–water partition coefficient (Wildman–Crippen LogP) is 1.67. The van der Waals surface area contributed by atoms with E-state index in [-0.39, 0.29) is 22.6 Å². The summed E-state index contributed by atoms with van der Waals surface area (Å²) >= 11 is 5.58. The molecule has 0 aliphatic carbocycles. The highest BCUT2D eigenvalue weighted by atomic mass is 35.5. The molecule has 0 fully saturated rings. The summed E-state index contributed by atoms with van der Waals surface area (Å²) in [5.74, 6) is -0.887. The van der Waals surface area contributed by atoms with Crippen LogP contribution in [0.5, 0.6) is 0 Å². The third-order valence-electron chi connectivity index (χ3n) is 2.50. The largest absolute Gasteiger partial charge is 0.260 e. The molecule has 4 nitrogen and oxygen atoms in total. The van der Waals surface area contributed by atoms with Crippen molar-refractivity contribution in [2.24, 2.45) is 0 Å². The van der Waals surface area contributed by atoms with E-state index in [1.54, 1.807) is 6.92 Å². The molecule has 8 heteroatoms.